The van der Waals surface area contributed by atoms with E-state index >= 15 is 0 Å². The molecule has 0 saturated carbocycles. The van der Waals surface area contributed by atoms with Crippen LogP contribution in [0.1, 0.15) is 58.8 Å². The van der Waals surface area contributed by atoms with Crippen LogP contribution >= 0.6 is 0 Å². The third-order valence-corrected chi connectivity index (χ3v) is 4.89. The van der Waals surface area contributed by atoms with Crippen LogP contribution in [0.2, 0.25) is 0 Å². The number of urea groups is 1. The predicted octanol–water partition coefficient (Wildman–Crippen LogP) is 2.95. The molecule has 5 nitrogen and oxygen atoms in total. The van der Waals surface area contributed by atoms with E-state index in [-0.39, 0.29) is 11.4 Å². The van der Waals surface area contributed by atoms with Crippen LogP contribution in [0, 0.1) is 5.41 Å². The zero-order valence-corrected chi connectivity index (χ0v) is 13.3. The fourth-order valence-corrected chi connectivity index (χ4v) is 3.39. The summed E-state index contributed by atoms with van der Waals surface area (Å²) in [5, 5.41) is 9.41. The zero-order chi connectivity index (χ0) is 15.5. The number of carboxylic acids is 1. The van der Waals surface area contributed by atoms with Gasteiger partial charge in [-0.05, 0) is 37.5 Å². The van der Waals surface area contributed by atoms with Crippen molar-refractivity contribution in [3.8, 4) is 0 Å². The molecule has 0 bridgehead atoms. The first kappa shape index (κ1) is 16.1. The average molecular weight is 296 g/mol. The SMILES string of the molecule is CC1(C)CCCN(C(=O)N2CCCCCC2C(=O)O)CC1. The summed E-state index contributed by atoms with van der Waals surface area (Å²) in [5.41, 5.74) is 0.278. The number of nitrogens with zero attached hydrogens (tertiary/aromatic N) is 2. The number of hydrogen-bond acceptors (Lipinski definition) is 2. The summed E-state index contributed by atoms with van der Waals surface area (Å²) < 4.78 is 0. The normalized spacial score (nSPS) is 26.9. The Hall–Kier alpha value is -1.26. The van der Waals surface area contributed by atoms with Crippen molar-refractivity contribution in [3.05, 3.63) is 0 Å². The smallest absolute Gasteiger partial charge is 0.326 e. The molecule has 1 atom stereocenters. The van der Waals surface area contributed by atoms with E-state index < -0.39 is 12.0 Å². The maximum atomic E-state index is 12.8. The van der Waals surface area contributed by atoms with Crippen molar-refractivity contribution in [3.63, 3.8) is 0 Å². The van der Waals surface area contributed by atoms with Gasteiger partial charge in [0.1, 0.15) is 6.04 Å². The highest BCUT2D eigenvalue weighted by Gasteiger charge is 2.34. The monoisotopic (exact) mass is 296 g/mol. The minimum atomic E-state index is -0.861. The van der Waals surface area contributed by atoms with Crippen molar-refractivity contribution >= 4 is 12.0 Å². The van der Waals surface area contributed by atoms with Gasteiger partial charge >= 0.3 is 12.0 Å². The van der Waals surface area contributed by atoms with Gasteiger partial charge in [-0.2, -0.15) is 0 Å². The summed E-state index contributed by atoms with van der Waals surface area (Å²) in [5.74, 6) is -0.861. The molecule has 2 amide bonds. The first-order valence-electron chi connectivity index (χ1n) is 8.19. The summed E-state index contributed by atoms with van der Waals surface area (Å²) >= 11 is 0. The van der Waals surface area contributed by atoms with Crippen molar-refractivity contribution in [2.24, 2.45) is 5.41 Å². The van der Waals surface area contributed by atoms with Crippen LogP contribution in [-0.4, -0.2) is 52.6 Å². The number of carbonyl (C=O) groups is 2. The lowest BCUT2D eigenvalue weighted by Gasteiger charge is -2.33. The topological polar surface area (TPSA) is 60.9 Å². The van der Waals surface area contributed by atoms with Gasteiger partial charge in [-0.1, -0.05) is 26.7 Å². The third kappa shape index (κ3) is 4.11. The molecular formula is C16H28N2O3. The fourth-order valence-electron chi connectivity index (χ4n) is 3.39. The molecule has 0 aromatic heterocycles. The van der Waals surface area contributed by atoms with E-state index in [1.54, 1.807) is 4.90 Å². The Bertz CT molecular complexity index is 395. The number of aliphatic carboxylic acids is 1. The first-order chi connectivity index (χ1) is 9.91. The Morgan fingerprint density at radius 2 is 1.76 bits per heavy atom. The molecule has 2 fully saturated rings. The average Bonchev–Trinajstić information content (AvgIpc) is 2.75. The van der Waals surface area contributed by atoms with Gasteiger partial charge < -0.3 is 14.9 Å². The molecule has 0 aromatic rings. The van der Waals surface area contributed by atoms with Gasteiger partial charge in [0.05, 0.1) is 0 Å². The molecule has 1 unspecified atom stereocenters. The van der Waals surface area contributed by atoms with Crippen molar-refractivity contribution in [2.45, 2.75) is 64.8 Å². The van der Waals surface area contributed by atoms with E-state index in [4.69, 9.17) is 0 Å². The van der Waals surface area contributed by atoms with Gasteiger partial charge in [0.25, 0.3) is 0 Å². The minimum Gasteiger partial charge on any atom is -0.480 e. The van der Waals surface area contributed by atoms with Gasteiger partial charge in [-0.3, -0.25) is 0 Å². The number of carbonyl (C=O) groups excluding carboxylic acids is 1. The Morgan fingerprint density at radius 3 is 2.48 bits per heavy atom. The van der Waals surface area contributed by atoms with Crippen molar-refractivity contribution < 1.29 is 14.7 Å². The quantitative estimate of drug-likeness (QED) is 0.809. The molecule has 2 heterocycles. The molecule has 0 aliphatic carbocycles. The van der Waals surface area contributed by atoms with Crippen molar-refractivity contribution in [2.75, 3.05) is 19.6 Å². The third-order valence-electron chi connectivity index (χ3n) is 4.89. The number of hydrogen-bond donors (Lipinski definition) is 1. The maximum Gasteiger partial charge on any atom is 0.326 e. The predicted molar refractivity (Wildman–Crippen MR) is 81.2 cm³/mol. The van der Waals surface area contributed by atoms with Crippen LogP contribution < -0.4 is 0 Å². The molecule has 0 radical (unpaired) electrons. The Kier molecular flexibility index (Phi) is 5.12. The van der Waals surface area contributed by atoms with E-state index in [2.05, 4.69) is 13.8 Å². The zero-order valence-electron chi connectivity index (χ0n) is 13.3. The molecule has 0 aromatic carbocycles. The van der Waals surface area contributed by atoms with Gasteiger partial charge in [0.15, 0.2) is 0 Å². The van der Waals surface area contributed by atoms with Gasteiger partial charge in [0.2, 0.25) is 0 Å². The molecule has 120 valence electrons. The molecule has 21 heavy (non-hydrogen) atoms. The second-order valence-corrected chi connectivity index (χ2v) is 7.18. The minimum absolute atomic E-state index is 0.0676. The lowest BCUT2D eigenvalue weighted by molar-refractivity contribution is -0.142. The van der Waals surface area contributed by atoms with Crippen LogP contribution in [0.3, 0.4) is 0 Å². The molecule has 2 aliphatic heterocycles. The number of amides is 2. The van der Waals surface area contributed by atoms with Crippen LogP contribution in [0.5, 0.6) is 0 Å². The summed E-state index contributed by atoms with van der Waals surface area (Å²) in [6, 6.07) is -0.710. The maximum absolute atomic E-state index is 12.8. The second-order valence-electron chi connectivity index (χ2n) is 7.18. The lowest BCUT2D eigenvalue weighted by atomic mass is 9.85. The van der Waals surface area contributed by atoms with Crippen LogP contribution in [0.4, 0.5) is 4.79 Å². The Labute approximate surface area is 127 Å². The second kappa shape index (κ2) is 6.67. The van der Waals surface area contributed by atoms with E-state index in [1.165, 1.54) is 0 Å². The number of rotatable bonds is 1. The molecule has 2 saturated heterocycles. The lowest BCUT2D eigenvalue weighted by Crippen LogP contribution is -2.51. The first-order valence-corrected chi connectivity index (χ1v) is 8.19. The summed E-state index contributed by atoms with van der Waals surface area (Å²) in [7, 11) is 0. The summed E-state index contributed by atoms with van der Waals surface area (Å²) in [4.78, 5) is 27.7. The van der Waals surface area contributed by atoms with E-state index in [9.17, 15) is 14.7 Å². The molecule has 5 heteroatoms. The molecule has 2 rings (SSSR count). The van der Waals surface area contributed by atoms with Gasteiger partial charge in [-0.25, -0.2) is 9.59 Å². The fraction of sp³-hybridized carbons (Fsp3) is 0.875. The van der Waals surface area contributed by atoms with Crippen molar-refractivity contribution in [1.29, 1.82) is 0 Å². The molecule has 0 spiro atoms. The van der Waals surface area contributed by atoms with Crippen molar-refractivity contribution in [1.82, 2.24) is 9.80 Å². The molecule has 2 aliphatic rings. The van der Waals surface area contributed by atoms with Crippen LogP contribution in [0.25, 0.3) is 0 Å². The van der Waals surface area contributed by atoms with Gasteiger partial charge in [0, 0.05) is 19.6 Å². The highest BCUT2D eigenvalue weighted by Crippen LogP contribution is 2.30. The molecule has 1 N–H and O–H groups in total. The standard InChI is InChI=1S/C16H28N2O3/c1-16(2)8-6-10-17(12-9-16)15(21)18-11-5-3-4-7-13(18)14(19)20/h13H,3-12H2,1-2H3,(H,19,20). The number of carboxylic acid groups (broad SMARTS) is 1. The Balaban J connectivity index is 2.07. The summed E-state index contributed by atoms with van der Waals surface area (Å²) in [6.45, 7) is 6.56. The molecular weight excluding hydrogens is 268 g/mol. The summed E-state index contributed by atoms with van der Waals surface area (Å²) in [6.07, 6.45) is 6.53. The van der Waals surface area contributed by atoms with Crippen LogP contribution in [0.15, 0.2) is 0 Å². The van der Waals surface area contributed by atoms with Gasteiger partial charge in [-0.15, -0.1) is 0 Å². The van der Waals surface area contributed by atoms with E-state index in [1.807, 2.05) is 4.90 Å². The van der Waals surface area contributed by atoms with E-state index in [0.717, 1.165) is 51.6 Å². The largest absolute Gasteiger partial charge is 0.480 e. The van der Waals surface area contributed by atoms with E-state index in [0.29, 0.717) is 13.0 Å². The highest BCUT2D eigenvalue weighted by molar-refractivity contribution is 5.82. The van der Waals surface area contributed by atoms with Crippen LogP contribution in [-0.2, 0) is 4.79 Å². The number of likely N-dealkylation sites (tertiary alicyclic amines) is 2. The Morgan fingerprint density at radius 1 is 1.00 bits per heavy atom. The highest BCUT2D eigenvalue weighted by atomic mass is 16.4.